The lowest BCUT2D eigenvalue weighted by molar-refractivity contribution is -0.116. The molecule has 0 aliphatic rings. The topological polar surface area (TPSA) is 68.8 Å². The number of hydrogen-bond donors (Lipinski definition) is 2. The van der Waals surface area contributed by atoms with E-state index in [2.05, 4.69) is 17.2 Å². The van der Waals surface area contributed by atoms with E-state index in [1.807, 2.05) is 7.05 Å². The first-order chi connectivity index (χ1) is 9.81. The molecule has 20 heavy (non-hydrogen) atoms. The summed E-state index contributed by atoms with van der Waals surface area (Å²) in [6, 6.07) is 0. The Morgan fingerprint density at radius 3 is 1.95 bits per heavy atom. The van der Waals surface area contributed by atoms with Gasteiger partial charge in [-0.2, -0.15) is 0 Å². The molecule has 0 atom stereocenters. The Kier molecular flexibility index (Phi) is 15.3. The number of nitrogens with one attached hydrogen (secondary N) is 2. The third-order valence-electron chi connectivity index (χ3n) is 2.41. The summed E-state index contributed by atoms with van der Waals surface area (Å²) in [4.78, 5) is 10.8. The highest BCUT2D eigenvalue weighted by Gasteiger charge is 1.94. The van der Waals surface area contributed by atoms with Gasteiger partial charge in [-0.3, -0.25) is 4.79 Å². The van der Waals surface area contributed by atoms with Crippen molar-refractivity contribution in [1.29, 1.82) is 0 Å². The largest absolute Gasteiger partial charge is 0.379 e. The molecule has 0 aromatic heterocycles. The van der Waals surface area contributed by atoms with Crippen molar-refractivity contribution in [3.8, 4) is 0 Å². The summed E-state index contributed by atoms with van der Waals surface area (Å²) < 4.78 is 16.1. The van der Waals surface area contributed by atoms with Gasteiger partial charge in [0.05, 0.1) is 26.4 Å². The summed E-state index contributed by atoms with van der Waals surface area (Å²) in [7, 11) is 1.93. The zero-order valence-electron chi connectivity index (χ0n) is 12.5. The minimum Gasteiger partial charge on any atom is -0.379 e. The summed E-state index contributed by atoms with van der Waals surface area (Å²) in [5.41, 5.74) is 0. The SMILES string of the molecule is C=CC(=O)NCCCOCCOCCOCCCNC. The molecule has 0 spiro atoms. The van der Waals surface area contributed by atoms with Crippen LogP contribution in [0.25, 0.3) is 0 Å². The third kappa shape index (κ3) is 15.1. The van der Waals surface area contributed by atoms with Crippen molar-refractivity contribution in [3.05, 3.63) is 12.7 Å². The molecule has 0 bridgehead atoms. The van der Waals surface area contributed by atoms with Crippen LogP contribution in [-0.2, 0) is 19.0 Å². The quantitative estimate of drug-likeness (QED) is 0.336. The van der Waals surface area contributed by atoms with E-state index >= 15 is 0 Å². The number of ether oxygens (including phenoxy) is 3. The van der Waals surface area contributed by atoms with Gasteiger partial charge >= 0.3 is 0 Å². The van der Waals surface area contributed by atoms with Gasteiger partial charge in [0, 0.05) is 19.8 Å². The van der Waals surface area contributed by atoms with Crippen LogP contribution in [0.2, 0.25) is 0 Å². The summed E-state index contributed by atoms with van der Waals surface area (Å²) in [6.45, 7) is 8.67. The minimum absolute atomic E-state index is 0.150. The fourth-order valence-electron chi connectivity index (χ4n) is 1.35. The van der Waals surface area contributed by atoms with Gasteiger partial charge in [0.15, 0.2) is 0 Å². The lowest BCUT2D eigenvalue weighted by atomic mass is 10.4. The average molecular weight is 288 g/mol. The van der Waals surface area contributed by atoms with E-state index in [1.165, 1.54) is 6.08 Å². The molecule has 0 aliphatic carbocycles. The number of carbonyl (C=O) groups excluding carboxylic acids is 1. The fraction of sp³-hybridized carbons (Fsp3) is 0.786. The zero-order valence-corrected chi connectivity index (χ0v) is 12.5. The number of rotatable bonds is 15. The Labute approximate surface area is 121 Å². The van der Waals surface area contributed by atoms with Crippen LogP contribution in [0, 0.1) is 0 Å². The van der Waals surface area contributed by atoms with Crippen molar-refractivity contribution >= 4 is 5.91 Å². The summed E-state index contributed by atoms with van der Waals surface area (Å²) in [5, 5.41) is 5.74. The van der Waals surface area contributed by atoms with E-state index in [4.69, 9.17) is 14.2 Å². The first-order valence-corrected chi connectivity index (χ1v) is 7.09. The van der Waals surface area contributed by atoms with E-state index in [-0.39, 0.29) is 5.91 Å². The maximum atomic E-state index is 10.8. The van der Waals surface area contributed by atoms with Crippen molar-refractivity contribution in [1.82, 2.24) is 10.6 Å². The summed E-state index contributed by atoms with van der Waals surface area (Å²) >= 11 is 0. The van der Waals surface area contributed by atoms with E-state index in [0.717, 1.165) is 26.0 Å². The number of amides is 1. The molecule has 2 N–H and O–H groups in total. The van der Waals surface area contributed by atoms with Crippen LogP contribution in [0.3, 0.4) is 0 Å². The van der Waals surface area contributed by atoms with E-state index in [9.17, 15) is 4.79 Å². The van der Waals surface area contributed by atoms with Crippen LogP contribution in [0.15, 0.2) is 12.7 Å². The molecule has 0 aliphatic heterocycles. The monoisotopic (exact) mass is 288 g/mol. The molecular formula is C14H28N2O4. The van der Waals surface area contributed by atoms with Gasteiger partial charge in [-0.1, -0.05) is 6.58 Å². The maximum Gasteiger partial charge on any atom is 0.243 e. The van der Waals surface area contributed by atoms with E-state index < -0.39 is 0 Å². The van der Waals surface area contributed by atoms with Crippen molar-refractivity contribution in [2.24, 2.45) is 0 Å². The van der Waals surface area contributed by atoms with Crippen LogP contribution in [0.1, 0.15) is 12.8 Å². The molecular weight excluding hydrogens is 260 g/mol. The molecule has 0 saturated carbocycles. The molecule has 6 heteroatoms. The fourth-order valence-corrected chi connectivity index (χ4v) is 1.35. The van der Waals surface area contributed by atoms with E-state index in [0.29, 0.717) is 39.6 Å². The molecule has 0 heterocycles. The van der Waals surface area contributed by atoms with Gasteiger partial charge in [-0.15, -0.1) is 0 Å². The molecule has 0 aromatic carbocycles. The molecule has 1 amide bonds. The molecule has 118 valence electrons. The van der Waals surface area contributed by atoms with Crippen LogP contribution in [-0.4, -0.2) is 65.7 Å². The highest BCUT2D eigenvalue weighted by Crippen LogP contribution is 1.85. The Morgan fingerprint density at radius 1 is 0.950 bits per heavy atom. The minimum atomic E-state index is -0.150. The first-order valence-electron chi connectivity index (χ1n) is 7.09. The normalized spacial score (nSPS) is 10.4. The third-order valence-corrected chi connectivity index (χ3v) is 2.41. The summed E-state index contributed by atoms with van der Waals surface area (Å²) in [5.74, 6) is -0.150. The second-order valence-corrected chi connectivity index (χ2v) is 4.14. The second-order valence-electron chi connectivity index (χ2n) is 4.14. The first kappa shape index (κ1) is 19.1. The highest BCUT2D eigenvalue weighted by molar-refractivity contribution is 5.86. The second kappa shape index (κ2) is 16.1. The Balaban J connectivity index is 2.99. The van der Waals surface area contributed by atoms with Gasteiger partial charge in [0.2, 0.25) is 5.91 Å². The van der Waals surface area contributed by atoms with Crippen molar-refractivity contribution in [2.45, 2.75) is 12.8 Å². The predicted octanol–water partition coefficient (Wildman–Crippen LogP) is 0.338. The predicted molar refractivity (Wildman–Crippen MR) is 78.8 cm³/mol. The van der Waals surface area contributed by atoms with Crippen LogP contribution in [0.5, 0.6) is 0 Å². The standard InChI is InChI=1S/C14H28N2O4/c1-3-14(17)16-7-5-9-19-11-13-20-12-10-18-8-4-6-15-2/h3,15H,1,4-13H2,2H3,(H,16,17). The van der Waals surface area contributed by atoms with Gasteiger partial charge < -0.3 is 24.8 Å². The Hall–Kier alpha value is -0.950. The number of carbonyl (C=O) groups is 1. The van der Waals surface area contributed by atoms with Gasteiger partial charge in [0.25, 0.3) is 0 Å². The molecule has 0 unspecified atom stereocenters. The van der Waals surface area contributed by atoms with Crippen LogP contribution >= 0.6 is 0 Å². The van der Waals surface area contributed by atoms with E-state index in [1.54, 1.807) is 0 Å². The molecule has 0 aromatic rings. The molecule has 0 rings (SSSR count). The number of hydrogen-bond acceptors (Lipinski definition) is 5. The van der Waals surface area contributed by atoms with Crippen LogP contribution in [0.4, 0.5) is 0 Å². The molecule has 0 fully saturated rings. The Morgan fingerprint density at radius 2 is 1.45 bits per heavy atom. The highest BCUT2D eigenvalue weighted by atomic mass is 16.5. The van der Waals surface area contributed by atoms with Crippen molar-refractivity contribution < 1.29 is 19.0 Å². The Bertz CT molecular complexity index is 237. The molecule has 6 nitrogen and oxygen atoms in total. The smallest absolute Gasteiger partial charge is 0.243 e. The lowest BCUT2D eigenvalue weighted by Crippen LogP contribution is -2.23. The zero-order chi connectivity index (χ0) is 14.9. The van der Waals surface area contributed by atoms with Gasteiger partial charge in [-0.05, 0) is 32.5 Å². The summed E-state index contributed by atoms with van der Waals surface area (Å²) in [6.07, 6.45) is 3.06. The molecule has 0 radical (unpaired) electrons. The van der Waals surface area contributed by atoms with Crippen LogP contribution < -0.4 is 10.6 Å². The van der Waals surface area contributed by atoms with Crippen molar-refractivity contribution in [3.63, 3.8) is 0 Å². The lowest BCUT2D eigenvalue weighted by Gasteiger charge is -2.07. The average Bonchev–Trinajstić information content (AvgIpc) is 2.47. The maximum absolute atomic E-state index is 10.8. The molecule has 0 saturated heterocycles. The van der Waals surface area contributed by atoms with Gasteiger partial charge in [0.1, 0.15) is 0 Å². The van der Waals surface area contributed by atoms with Gasteiger partial charge in [-0.25, -0.2) is 0 Å². The van der Waals surface area contributed by atoms with Crippen molar-refractivity contribution in [2.75, 3.05) is 59.8 Å².